The zero-order valence-corrected chi connectivity index (χ0v) is 13.4. The first-order chi connectivity index (χ1) is 10.5. The lowest BCUT2D eigenvalue weighted by Gasteiger charge is -2.18. The van der Waals surface area contributed by atoms with Gasteiger partial charge in [-0.3, -0.25) is 0 Å². The summed E-state index contributed by atoms with van der Waals surface area (Å²) in [5, 5.41) is 4.40. The third kappa shape index (κ3) is 3.11. The molecule has 0 heterocycles. The van der Waals surface area contributed by atoms with Crippen LogP contribution in [0.15, 0.2) is 59.7 Å². The summed E-state index contributed by atoms with van der Waals surface area (Å²) in [6, 6.07) is 17.0. The van der Waals surface area contributed by atoms with Crippen molar-refractivity contribution in [2.75, 3.05) is 0 Å². The molecule has 0 saturated heterocycles. The first kappa shape index (κ1) is 14.6. The normalized spacial score (nSPS) is 17.0. The molecule has 0 amide bonds. The van der Waals surface area contributed by atoms with Crippen LogP contribution in [0.4, 0.5) is 0 Å². The number of hydrazone groups is 1. The van der Waals surface area contributed by atoms with Crippen LogP contribution in [0.2, 0.25) is 0 Å². The van der Waals surface area contributed by atoms with E-state index in [4.69, 9.17) is 0 Å². The van der Waals surface area contributed by atoms with Gasteiger partial charge in [0.25, 0.3) is 0 Å². The Kier molecular flexibility index (Phi) is 3.84. The van der Waals surface area contributed by atoms with Gasteiger partial charge in [-0.1, -0.05) is 60.7 Å². The third-order valence-electron chi connectivity index (χ3n) is 3.73. The average Bonchev–Trinajstić information content (AvgIpc) is 2.90. The second-order valence-corrected chi connectivity index (χ2v) is 6.71. The summed E-state index contributed by atoms with van der Waals surface area (Å²) in [5.41, 5.74) is 8.27. The fourth-order valence-electron chi connectivity index (χ4n) is 2.73. The van der Waals surface area contributed by atoms with Crippen molar-refractivity contribution in [3.8, 4) is 0 Å². The van der Waals surface area contributed by atoms with Crippen molar-refractivity contribution < 1.29 is 0 Å². The van der Waals surface area contributed by atoms with Crippen LogP contribution in [-0.4, -0.2) is 11.8 Å². The molecule has 1 atom stereocenters. The van der Waals surface area contributed by atoms with Gasteiger partial charge < -0.3 is 5.43 Å². The summed E-state index contributed by atoms with van der Waals surface area (Å²) in [6.45, 7) is 6.31. The lowest BCUT2D eigenvalue weighted by molar-refractivity contribution is 0.442. The molecule has 0 aliphatic heterocycles. The van der Waals surface area contributed by atoms with E-state index in [-0.39, 0.29) is 5.54 Å². The van der Waals surface area contributed by atoms with Crippen LogP contribution in [0.1, 0.15) is 48.9 Å². The van der Waals surface area contributed by atoms with Crippen molar-refractivity contribution in [3.05, 3.63) is 76.9 Å². The maximum absolute atomic E-state index is 4.40. The second kappa shape index (κ2) is 5.80. The third-order valence-corrected chi connectivity index (χ3v) is 3.73. The van der Waals surface area contributed by atoms with Gasteiger partial charge in [0, 0.05) is 11.5 Å². The topological polar surface area (TPSA) is 24.4 Å². The highest BCUT2D eigenvalue weighted by Gasteiger charge is 2.20. The SMILES string of the molecule is CC(C)(C)N/N=C/c1ccccc1C1C=Cc2ccccc21. The summed E-state index contributed by atoms with van der Waals surface area (Å²) >= 11 is 0. The molecule has 0 bridgehead atoms. The molecule has 2 nitrogen and oxygen atoms in total. The Hall–Kier alpha value is -2.35. The minimum Gasteiger partial charge on any atom is -0.305 e. The van der Waals surface area contributed by atoms with Gasteiger partial charge in [0.1, 0.15) is 0 Å². The molecule has 2 aromatic carbocycles. The summed E-state index contributed by atoms with van der Waals surface area (Å²) in [7, 11) is 0. The first-order valence-corrected chi connectivity index (χ1v) is 7.71. The molecule has 1 N–H and O–H groups in total. The van der Waals surface area contributed by atoms with E-state index in [9.17, 15) is 0 Å². The van der Waals surface area contributed by atoms with Crippen molar-refractivity contribution in [2.45, 2.75) is 32.2 Å². The van der Waals surface area contributed by atoms with E-state index in [0.717, 1.165) is 5.56 Å². The van der Waals surface area contributed by atoms with Crippen molar-refractivity contribution in [2.24, 2.45) is 5.10 Å². The van der Waals surface area contributed by atoms with Gasteiger partial charge in [-0.15, -0.1) is 0 Å². The van der Waals surface area contributed by atoms with Gasteiger partial charge >= 0.3 is 0 Å². The van der Waals surface area contributed by atoms with Gasteiger partial charge in [-0.05, 0) is 43.0 Å². The number of nitrogens with zero attached hydrogens (tertiary/aromatic N) is 1. The Bertz CT molecular complexity index is 720. The molecule has 22 heavy (non-hydrogen) atoms. The molecule has 1 unspecified atom stereocenters. The Morgan fingerprint density at radius 3 is 2.41 bits per heavy atom. The van der Waals surface area contributed by atoms with E-state index in [1.54, 1.807) is 0 Å². The van der Waals surface area contributed by atoms with Gasteiger partial charge in [-0.2, -0.15) is 5.10 Å². The van der Waals surface area contributed by atoms with E-state index < -0.39 is 0 Å². The predicted octanol–water partition coefficient (Wildman–Crippen LogP) is 4.57. The Morgan fingerprint density at radius 1 is 0.955 bits per heavy atom. The molecule has 0 radical (unpaired) electrons. The van der Waals surface area contributed by atoms with Crippen LogP contribution in [0.5, 0.6) is 0 Å². The van der Waals surface area contributed by atoms with E-state index >= 15 is 0 Å². The monoisotopic (exact) mass is 290 g/mol. The maximum Gasteiger partial charge on any atom is 0.0543 e. The molecule has 112 valence electrons. The molecule has 1 aliphatic carbocycles. The molecule has 0 saturated carbocycles. The van der Waals surface area contributed by atoms with Gasteiger partial charge in [0.05, 0.1) is 6.21 Å². The molecule has 2 aromatic rings. The van der Waals surface area contributed by atoms with E-state index in [1.165, 1.54) is 16.7 Å². The Labute approximate surface area is 132 Å². The highest BCUT2D eigenvalue weighted by atomic mass is 15.3. The summed E-state index contributed by atoms with van der Waals surface area (Å²) in [6.07, 6.45) is 6.41. The quantitative estimate of drug-likeness (QED) is 0.650. The number of rotatable bonds is 3. The summed E-state index contributed by atoms with van der Waals surface area (Å²) in [5.74, 6) is 0.313. The first-order valence-electron chi connectivity index (χ1n) is 7.71. The van der Waals surface area contributed by atoms with Crippen LogP contribution in [0, 0.1) is 0 Å². The largest absolute Gasteiger partial charge is 0.305 e. The molecule has 1 aliphatic rings. The van der Waals surface area contributed by atoms with Crippen LogP contribution in [-0.2, 0) is 0 Å². The number of allylic oxidation sites excluding steroid dienone is 1. The van der Waals surface area contributed by atoms with E-state index in [1.807, 2.05) is 6.21 Å². The van der Waals surface area contributed by atoms with Gasteiger partial charge in [-0.25, -0.2) is 0 Å². The van der Waals surface area contributed by atoms with Crippen molar-refractivity contribution in [1.29, 1.82) is 0 Å². The fourth-order valence-corrected chi connectivity index (χ4v) is 2.73. The maximum atomic E-state index is 4.40. The van der Waals surface area contributed by atoms with Crippen molar-refractivity contribution >= 4 is 12.3 Å². The number of hydrogen-bond acceptors (Lipinski definition) is 2. The van der Waals surface area contributed by atoms with Crippen LogP contribution in [0.25, 0.3) is 6.08 Å². The van der Waals surface area contributed by atoms with Crippen LogP contribution < -0.4 is 5.43 Å². The Morgan fingerprint density at radius 2 is 1.64 bits per heavy atom. The van der Waals surface area contributed by atoms with E-state index in [2.05, 4.69) is 92.0 Å². The molecule has 2 heteroatoms. The number of nitrogens with one attached hydrogen (secondary N) is 1. The lowest BCUT2D eigenvalue weighted by atomic mass is 9.90. The van der Waals surface area contributed by atoms with E-state index in [0.29, 0.717) is 5.92 Å². The van der Waals surface area contributed by atoms with Gasteiger partial charge in [0.2, 0.25) is 0 Å². The average molecular weight is 290 g/mol. The summed E-state index contributed by atoms with van der Waals surface area (Å²) < 4.78 is 0. The molecule has 0 spiro atoms. The number of benzene rings is 2. The number of hydrogen-bond donors (Lipinski definition) is 1. The van der Waals surface area contributed by atoms with Crippen LogP contribution in [0.3, 0.4) is 0 Å². The molecular formula is C20H22N2. The number of fused-ring (bicyclic) bond motifs is 1. The molecule has 0 aromatic heterocycles. The zero-order chi connectivity index (χ0) is 15.6. The Balaban J connectivity index is 1.92. The lowest BCUT2D eigenvalue weighted by Crippen LogP contribution is -2.31. The predicted molar refractivity (Wildman–Crippen MR) is 94.2 cm³/mol. The smallest absolute Gasteiger partial charge is 0.0543 e. The standard InChI is InChI=1S/C20H22N2/c1-20(2,3)22-21-14-16-9-5-7-11-18(16)19-13-12-15-8-4-6-10-17(15)19/h4-14,19,22H,1-3H3/b21-14+. The van der Waals surface area contributed by atoms with Crippen molar-refractivity contribution in [3.63, 3.8) is 0 Å². The molecule has 3 rings (SSSR count). The second-order valence-electron chi connectivity index (χ2n) is 6.71. The summed E-state index contributed by atoms with van der Waals surface area (Å²) in [4.78, 5) is 0. The molecule has 0 fully saturated rings. The molecular weight excluding hydrogens is 268 g/mol. The van der Waals surface area contributed by atoms with Gasteiger partial charge in [0.15, 0.2) is 0 Å². The minimum atomic E-state index is -0.0225. The zero-order valence-electron chi connectivity index (χ0n) is 13.4. The van der Waals surface area contributed by atoms with Crippen molar-refractivity contribution in [1.82, 2.24) is 5.43 Å². The highest BCUT2D eigenvalue weighted by molar-refractivity contribution is 5.83. The highest BCUT2D eigenvalue weighted by Crippen LogP contribution is 2.36. The fraction of sp³-hybridized carbons (Fsp3) is 0.250. The van der Waals surface area contributed by atoms with Crippen LogP contribution >= 0.6 is 0 Å². The minimum absolute atomic E-state index is 0.0225.